The van der Waals surface area contributed by atoms with Gasteiger partial charge in [-0.25, -0.2) is 4.79 Å². The summed E-state index contributed by atoms with van der Waals surface area (Å²) in [4.78, 5) is 23.6. The maximum atomic E-state index is 11.7. The van der Waals surface area contributed by atoms with Gasteiger partial charge in [0.25, 0.3) is 0 Å². The van der Waals surface area contributed by atoms with Gasteiger partial charge >= 0.3 is 6.03 Å². The minimum Gasteiger partial charge on any atom is -0.338 e. The Morgan fingerprint density at radius 2 is 2.06 bits per heavy atom. The summed E-state index contributed by atoms with van der Waals surface area (Å²) in [6.07, 6.45) is 8.78. The van der Waals surface area contributed by atoms with Gasteiger partial charge in [0.1, 0.15) is 0 Å². The number of rotatable bonds is 7. The second kappa shape index (κ2) is 8.91. The molecule has 5 nitrogen and oxygen atoms in total. The second-order valence-corrected chi connectivity index (χ2v) is 4.97. The van der Waals surface area contributed by atoms with E-state index in [0.717, 1.165) is 17.2 Å². The molecular formula is C13H25N3O2. The highest BCUT2D eigenvalue weighted by Crippen LogP contribution is 2.25. The largest absolute Gasteiger partial charge is 0.338 e. The van der Waals surface area contributed by atoms with Gasteiger partial charge in [0, 0.05) is 13.1 Å². The van der Waals surface area contributed by atoms with E-state index in [1.165, 1.54) is 32.1 Å². The summed E-state index contributed by atoms with van der Waals surface area (Å²) in [5, 5.41) is 2.80. The fourth-order valence-corrected chi connectivity index (χ4v) is 2.42. The van der Waals surface area contributed by atoms with Crippen molar-refractivity contribution in [3.8, 4) is 0 Å². The number of carbonyl (C=O) groups excluding carboxylic acids is 2. The van der Waals surface area contributed by atoms with Crippen LogP contribution in [0.1, 0.15) is 44.9 Å². The van der Waals surface area contributed by atoms with Crippen molar-refractivity contribution in [1.82, 2.24) is 10.2 Å². The first kappa shape index (κ1) is 15.0. The maximum Gasteiger partial charge on any atom is 0.323 e. The lowest BCUT2D eigenvalue weighted by Gasteiger charge is -2.22. The zero-order chi connectivity index (χ0) is 13.2. The van der Waals surface area contributed by atoms with Crippen molar-refractivity contribution in [2.45, 2.75) is 44.9 Å². The van der Waals surface area contributed by atoms with Crippen LogP contribution in [-0.4, -0.2) is 37.0 Å². The Labute approximate surface area is 109 Å². The summed E-state index contributed by atoms with van der Waals surface area (Å²) < 4.78 is 0. The molecule has 0 unspecified atom stereocenters. The van der Waals surface area contributed by atoms with E-state index >= 15 is 0 Å². The molecule has 0 spiro atoms. The third-order valence-electron chi connectivity index (χ3n) is 3.54. The molecule has 0 aliphatic heterocycles. The van der Waals surface area contributed by atoms with E-state index < -0.39 is 0 Å². The van der Waals surface area contributed by atoms with Crippen LogP contribution in [0.15, 0.2) is 0 Å². The Morgan fingerprint density at radius 1 is 1.33 bits per heavy atom. The molecule has 1 rings (SSSR count). The van der Waals surface area contributed by atoms with Gasteiger partial charge in [-0.2, -0.15) is 0 Å². The first-order chi connectivity index (χ1) is 8.77. The normalized spacial score (nSPS) is 16.3. The number of urea groups is 1. The third kappa shape index (κ3) is 5.49. The van der Waals surface area contributed by atoms with E-state index in [9.17, 15) is 9.59 Å². The number of hydrogen-bond acceptors (Lipinski definition) is 3. The van der Waals surface area contributed by atoms with Gasteiger partial charge in [-0.3, -0.25) is 9.69 Å². The predicted molar refractivity (Wildman–Crippen MR) is 71.0 cm³/mol. The van der Waals surface area contributed by atoms with Gasteiger partial charge in [-0.15, -0.1) is 0 Å². The molecule has 1 saturated carbocycles. The molecule has 3 amide bonds. The minimum absolute atomic E-state index is 0.297. The quantitative estimate of drug-likeness (QED) is 0.676. The highest BCUT2D eigenvalue weighted by Gasteiger charge is 2.15. The van der Waals surface area contributed by atoms with Crippen molar-refractivity contribution in [1.29, 1.82) is 0 Å². The Hall–Kier alpha value is -1.10. The monoisotopic (exact) mass is 255 g/mol. The SMILES string of the molecule is NCCCN(C=O)C(=O)NCCC1CCCCC1. The fourth-order valence-electron chi connectivity index (χ4n) is 2.42. The van der Waals surface area contributed by atoms with Crippen LogP contribution >= 0.6 is 0 Å². The van der Waals surface area contributed by atoms with Crippen LogP contribution in [0.2, 0.25) is 0 Å². The Morgan fingerprint density at radius 3 is 2.67 bits per heavy atom. The van der Waals surface area contributed by atoms with Gasteiger partial charge in [0.15, 0.2) is 0 Å². The third-order valence-corrected chi connectivity index (χ3v) is 3.54. The molecule has 0 saturated heterocycles. The number of carbonyl (C=O) groups is 2. The lowest BCUT2D eigenvalue weighted by Crippen LogP contribution is -2.40. The Balaban J connectivity index is 2.15. The van der Waals surface area contributed by atoms with E-state index in [-0.39, 0.29) is 6.03 Å². The van der Waals surface area contributed by atoms with Crippen LogP contribution in [0.25, 0.3) is 0 Å². The molecule has 0 aromatic rings. The standard InChI is InChI=1S/C13H25N3O2/c14-8-4-10-16(11-17)13(18)15-9-7-12-5-2-1-3-6-12/h11-12H,1-10,14H2,(H,15,18). The van der Waals surface area contributed by atoms with Crippen LogP contribution in [0.4, 0.5) is 4.79 Å². The smallest absolute Gasteiger partial charge is 0.323 e. The van der Waals surface area contributed by atoms with E-state index in [1.54, 1.807) is 0 Å². The van der Waals surface area contributed by atoms with Crippen molar-refractivity contribution in [2.24, 2.45) is 11.7 Å². The zero-order valence-electron chi connectivity index (χ0n) is 11.1. The summed E-state index contributed by atoms with van der Waals surface area (Å²) >= 11 is 0. The van der Waals surface area contributed by atoms with Crippen molar-refractivity contribution >= 4 is 12.4 Å². The van der Waals surface area contributed by atoms with Crippen LogP contribution < -0.4 is 11.1 Å². The molecule has 0 heterocycles. The van der Waals surface area contributed by atoms with Gasteiger partial charge in [-0.05, 0) is 25.3 Å². The van der Waals surface area contributed by atoms with Crippen LogP contribution in [0.5, 0.6) is 0 Å². The van der Waals surface area contributed by atoms with Crippen molar-refractivity contribution in [2.75, 3.05) is 19.6 Å². The minimum atomic E-state index is -0.297. The average molecular weight is 255 g/mol. The molecule has 0 aromatic carbocycles. The van der Waals surface area contributed by atoms with Gasteiger partial charge < -0.3 is 11.1 Å². The number of nitrogens with zero attached hydrogens (tertiary/aromatic N) is 1. The van der Waals surface area contributed by atoms with Crippen LogP contribution in [0.3, 0.4) is 0 Å². The Kier molecular flexibility index (Phi) is 7.41. The first-order valence-electron chi connectivity index (χ1n) is 6.97. The van der Waals surface area contributed by atoms with E-state index in [2.05, 4.69) is 5.32 Å². The molecule has 0 atom stereocenters. The van der Waals surface area contributed by atoms with Crippen molar-refractivity contribution in [3.05, 3.63) is 0 Å². The Bertz CT molecular complexity index is 253. The molecular weight excluding hydrogens is 230 g/mol. The van der Waals surface area contributed by atoms with Crippen LogP contribution in [-0.2, 0) is 4.79 Å². The molecule has 1 fully saturated rings. The topological polar surface area (TPSA) is 75.4 Å². The molecule has 104 valence electrons. The maximum absolute atomic E-state index is 11.7. The van der Waals surface area contributed by atoms with E-state index in [4.69, 9.17) is 5.73 Å². The summed E-state index contributed by atoms with van der Waals surface area (Å²) in [5.41, 5.74) is 5.35. The highest BCUT2D eigenvalue weighted by atomic mass is 16.2. The summed E-state index contributed by atoms with van der Waals surface area (Å²) in [5.74, 6) is 0.743. The van der Waals surface area contributed by atoms with Crippen LogP contribution in [0, 0.1) is 5.92 Å². The summed E-state index contributed by atoms with van der Waals surface area (Å²) in [7, 11) is 0. The number of amides is 3. The fraction of sp³-hybridized carbons (Fsp3) is 0.846. The van der Waals surface area contributed by atoms with E-state index in [0.29, 0.717) is 32.5 Å². The molecule has 0 bridgehead atoms. The van der Waals surface area contributed by atoms with Gasteiger partial charge in [0.05, 0.1) is 0 Å². The molecule has 1 aliphatic carbocycles. The number of hydrogen-bond donors (Lipinski definition) is 2. The number of nitrogens with one attached hydrogen (secondary N) is 1. The summed E-state index contributed by atoms with van der Waals surface area (Å²) in [6.45, 7) is 1.55. The molecule has 1 aliphatic rings. The predicted octanol–water partition coefficient (Wildman–Crippen LogP) is 1.47. The number of nitrogens with two attached hydrogens (primary N) is 1. The first-order valence-corrected chi connectivity index (χ1v) is 6.97. The van der Waals surface area contributed by atoms with Crippen molar-refractivity contribution < 1.29 is 9.59 Å². The summed E-state index contributed by atoms with van der Waals surface area (Å²) in [6, 6.07) is -0.297. The van der Waals surface area contributed by atoms with Crippen molar-refractivity contribution in [3.63, 3.8) is 0 Å². The second-order valence-electron chi connectivity index (χ2n) is 4.97. The molecule has 18 heavy (non-hydrogen) atoms. The lowest BCUT2D eigenvalue weighted by atomic mass is 9.87. The molecule has 0 radical (unpaired) electrons. The molecule has 0 aromatic heterocycles. The van der Waals surface area contributed by atoms with E-state index in [1.807, 2.05) is 0 Å². The highest BCUT2D eigenvalue weighted by molar-refractivity contribution is 5.84. The molecule has 5 heteroatoms. The molecule has 3 N–H and O–H groups in total. The average Bonchev–Trinajstić information content (AvgIpc) is 2.41. The number of imide groups is 1. The lowest BCUT2D eigenvalue weighted by molar-refractivity contribution is -0.115. The van der Waals surface area contributed by atoms with Gasteiger partial charge in [-0.1, -0.05) is 32.1 Å². The zero-order valence-corrected chi connectivity index (χ0v) is 11.1. The van der Waals surface area contributed by atoms with Gasteiger partial charge in [0.2, 0.25) is 6.41 Å².